The van der Waals surface area contributed by atoms with Gasteiger partial charge in [0.05, 0.1) is 6.54 Å². The van der Waals surface area contributed by atoms with Crippen molar-refractivity contribution in [3.63, 3.8) is 0 Å². The topological polar surface area (TPSA) is 137 Å². The number of aromatic nitrogens is 1. The van der Waals surface area contributed by atoms with E-state index in [9.17, 15) is 19.2 Å². The minimum atomic E-state index is -0.878. The maximum Gasteiger partial charge on any atom is 0.344 e. The number of aryl methyl sites for hydroxylation is 1. The van der Waals surface area contributed by atoms with Crippen molar-refractivity contribution < 1.29 is 23.7 Å². The molecule has 0 unspecified atom stereocenters. The number of likely N-dealkylation sites (N-methyl/N-ethyl adjacent to an activating group) is 1. The molecular weight excluding hydrogens is 380 g/mol. The summed E-state index contributed by atoms with van der Waals surface area (Å²) in [5, 5.41) is 9.79. The SMILES string of the molecule is Cc1cc(NC(=O)CN(C)CCC(=O)NN2C(=O)NC3(CCCCC3)C2=O)no1. The molecule has 2 aliphatic rings. The normalized spacial score (nSPS) is 18.2. The van der Waals surface area contributed by atoms with E-state index in [1.54, 1.807) is 24.9 Å². The monoisotopic (exact) mass is 406 g/mol. The van der Waals surface area contributed by atoms with Crippen LogP contribution in [0.1, 0.15) is 44.3 Å². The third-order valence-corrected chi connectivity index (χ3v) is 5.13. The molecule has 158 valence electrons. The van der Waals surface area contributed by atoms with Crippen molar-refractivity contribution in [1.82, 2.24) is 25.8 Å². The predicted octanol–water partition coefficient (Wildman–Crippen LogP) is 0.529. The van der Waals surface area contributed by atoms with Crippen molar-refractivity contribution >= 4 is 29.6 Å². The number of rotatable bonds is 7. The van der Waals surface area contributed by atoms with Crippen molar-refractivity contribution in [1.29, 1.82) is 0 Å². The highest BCUT2D eigenvalue weighted by atomic mass is 16.5. The molecule has 1 aliphatic heterocycles. The van der Waals surface area contributed by atoms with Crippen LogP contribution in [0.5, 0.6) is 0 Å². The fraction of sp³-hybridized carbons (Fsp3) is 0.611. The van der Waals surface area contributed by atoms with Crippen molar-refractivity contribution in [3.8, 4) is 0 Å². The molecule has 2 heterocycles. The van der Waals surface area contributed by atoms with E-state index in [1.165, 1.54) is 0 Å². The van der Waals surface area contributed by atoms with Crippen LogP contribution in [0.3, 0.4) is 0 Å². The Labute approximate surface area is 168 Å². The van der Waals surface area contributed by atoms with Gasteiger partial charge in [-0.05, 0) is 26.8 Å². The number of carbonyl (C=O) groups excluding carboxylic acids is 4. The molecule has 11 heteroatoms. The van der Waals surface area contributed by atoms with Gasteiger partial charge in [0.25, 0.3) is 5.91 Å². The van der Waals surface area contributed by atoms with Crippen molar-refractivity contribution in [2.45, 2.75) is 51.0 Å². The molecule has 0 aromatic carbocycles. The van der Waals surface area contributed by atoms with Crippen LogP contribution in [-0.4, -0.2) is 64.5 Å². The number of hydrogen-bond acceptors (Lipinski definition) is 7. The summed E-state index contributed by atoms with van der Waals surface area (Å²) in [4.78, 5) is 50.6. The molecule has 0 radical (unpaired) electrons. The van der Waals surface area contributed by atoms with Crippen LogP contribution in [0.4, 0.5) is 10.6 Å². The Balaban J connectivity index is 1.42. The molecule has 3 rings (SSSR count). The standard InChI is InChI=1S/C18H26N6O5/c1-12-10-13(22-29-12)19-15(26)11-23(2)9-6-14(25)21-24-16(27)18(20-17(24)28)7-4-3-5-8-18/h10H,3-9,11H2,1-2H3,(H,20,28)(H,21,25)(H,19,22,26). The lowest BCUT2D eigenvalue weighted by molar-refractivity contribution is -0.140. The summed E-state index contributed by atoms with van der Waals surface area (Å²) in [5.41, 5.74) is 1.51. The Morgan fingerprint density at radius 3 is 2.66 bits per heavy atom. The molecule has 5 amide bonds. The number of carbonyl (C=O) groups is 4. The van der Waals surface area contributed by atoms with Gasteiger partial charge < -0.3 is 15.2 Å². The molecule has 1 aromatic rings. The van der Waals surface area contributed by atoms with E-state index in [-0.39, 0.29) is 25.4 Å². The van der Waals surface area contributed by atoms with Crippen LogP contribution < -0.4 is 16.1 Å². The zero-order chi connectivity index (χ0) is 21.0. The lowest BCUT2D eigenvalue weighted by Gasteiger charge is -2.30. The van der Waals surface area contributed by atoms with Gasteiger partial charge in [0.15, 0.2) is 5.82 Å². The summed E-state index contributed by atoms with van der Waals surface area (Å²) >= 11 is 0. The summed E-state index contributed by atoms with van der Waals surface area (Å²) in [6, 6.07) is 1.00. The molecule has 1 saturated carbocycles. The first-order chi connectivity index (χ1) is 13.8. The molecule has 29 heavy (non-hydrogen) atoms. The highest BCUT2D eigenvalue weighted by molar-refractivity contribution is 6.08. The molecule has 1 aromatic heterocycles. The second kappa shape index (κ2) is 8.60. The summed E-state index contributed by atoms with van der Waals surface area (Å²) in [6.45, 7) is 2.03. The summed E-state index contributed by atoms with van der Waals surface area (Å²) in [7, 11) is 1.69. The van der Waals surface area contributed by atoms with Gasteiger partial charge in [-0.15, -0.1) is 0 Å². The predicted molar refractivity (Wildman–Crippen MR) is 101 cm³/mol. The number of urea groups is 1. The van der Waals surface area contributed by atoms with Crippen LogP contribution in [0.15, 0.2) is 10.6 Å². The van der Waals surface area contributed by atoms with E-state index in [1.807, 2.05) is 0 Å². The van der Waals surface area contributed by atoms with Gasteiger partial charge in [-0.25, -0.2) is 4.79 Å². The lowest BCUT2D eigenvalue weighted by Crippen LogP contribution is -2.51. The lowest BCUT2D eigenvalue weighted by atomic mass is 9.82. The molecule has 11 nitrogen and oxygen atoms in total. The van der Waals surface area contributed by atoms with Gasteiger partial charge >= 0.3 is 6.03 Å². The Hall–Kier alpha value is -2.95. The molecule has 1 spiro atoms. The van der Waals surface area contributed by atoms with E-state index < -0.39 is 23.4 Å². The number of hydrogen-bond donors (Lipinski definition) is 3. The van der Waals surface area contributed by atoms with E-state index in [0.29, 0.717) is 24.4 Å². The first kappa shape index (κ1) is 20.8. The van der Waals surface area contributed by atoms with E-state index in [0.717, 1.165) is 24.3 Å². The molecule has 3 N–H and O–H groups in total. The van der Waals surface area contributed by atoms with Crippen LogP contribution >= 0.6 is 0 Å². The molecule has 2 fully saturated rings. The van der Waals surface area contributed by atoms with Gasteiger partial charge in [0, 0.05) is 19.0 Å². The fourth-order valence-corrected chi connectivity index (χ4v) is 3.62. The third kappa shape index (κ3) is 4.91. The fourth-order valence-electron chi connectivity index (χ4n) is 3.62. The number of nitrogens with one attached hydrogen (secondary N) is 3. The zero-order valence-corrected chi connectivity index (χ0v) is 16.6. The molecular formula is C18H26N6O5. The van der Waals surface area contributed by atoms with E-state index in [4.69, 9.17) is 4.52 Å². The third-order valence-electron chi connectivity index (χ3n) is 5.13. The van der Waals surface area contributed by atoms with Gasteiger partial charge in [-0.3, -0.25) is 24.7 Å². The summed E-state index contributed by atoms with van der Waals surface area (Å²) in [5.74, 6) is -0.254. The average molecular weight is 406 g/mol. The second-order valence-electron chi connectivity index (χ2n) is 7.61. The Morgan fingerprint density at radius 1 is 1.28 bits per heavy atom. The van der Waals surface area contributed by atoms with Gasteiger partial charge in [-0.1, -0.05) is 24.4 Å². The maximum atomic E-state index is 12.6. The maximum absolute atomic E-state index is 12.6. The van der Waals surface area contributed by atoms with Crippen molar-refractivity contribution in [2.24, 2.45) is 0 Å². The number of hydrazine groups is 1. The van der Waals surface area contributed by atoms with Crippen LogP contribution in [0, 0.1) is 6.92 Å². The minimum Gasteiger partial charge on any atom is -0.360 e. The minimum absolute atomic E-state index is 0.0247. The highest BCUT2D eigenvalue weighted by Crippen LogP contribution is 2.32. The van der Waals surface area contributed by atoms with Gasteiger partial charge in [0.1, 0.15) is 11.3 Å². The van der Waals surface area contributed by atoms with Crippen molar-refractivity contribution in [3.05, 3.63) is 11.8 Å². The van der Waals surface area contributed by atoms with E-state index >= 15 is 0 Å². The van der Waals surface area contributed by atoms with Crippen LogP contribution in [0.25, 0.3) is 0 Å². The highest BCUT2D eigenvalue weighted by Gasteiger charge is 2.52. The summed E-state index contributed by atoms with van der Waals surface area (Å²) in [6.07, 6.45) is 3.98. The molecule has 0 bridgehead atoms. The Bertz CT molecular complexity index is 800. The van der Waals surface area contributed by atoms with Gasteiger partial charge in [0.2, 0.25) is 11.8 Å². The van der Waals surface area contributed by atoms with Gasteiger partial charge in [-0.2, -0.15) is 5.01 Å². The largest absolute Gasteiger partial charge is 0.360 e. The first-order valence-corrected chi connectivity index (χ1v) is 9.67. The second-order valence-corrected chi connectivity index (χ2v) is 7.61. The smallest absolute Gasteiger partial charge is 0.344 e. The molecule has 1 aliphatic carbocycles. The number of amides is 5. The first-order valence-electron chi connectivity index (χ1n) is 9.67. The zero-order valence-electron chi connectivity index (χ0n) is 16.6. The quantitative estimate of drug-likeness (QED) is 0.562. The van der Waals surface area contributed by atoms with Crippen LogP contribution in [0.2, 0.25) is 0 Å². The van der Waals surface area contributed by atoms with Crippen LogP contribution in [-0.2, 0) is 14.4 Å². The summed E-state index contributed by atoms with van der Waals surface area (Å²) < 4.78 is 4.88. The average Bonchev–Trinajstić information content (AvgIpc) is 3.17. The Morgan fingerprint density at radius 2 is 2.00 bits per heavy atom. The number of imide groups is 1. The van der Waals surface area contributed by atoms with Crippen molar-refractivity contribution in [2.75, 3.05) is 25.5 Å². The van der Waals surface area contributed by atoms with E-state index in [2.05, 4.69) is 21.2 Å². The molecule has 1 saturated heterocycles. The molecule has 0 atom stereocenters. The number of nitrogens with zero attached hydrogens (tertiary/aromatic N) is 3. The number of anilines is 1. The Kier molecular flexibility index (Phi) is 6.16.